The molecule has 6 heteroatoms. The molecule has 0 saturated heterocycles. The van der Waals surface area contributed by atoms with Gasteiger partial charge in [-0.1, -0.05) is 12.1 Å². The number of aromatic nitrogens is 2. The van der Waals surface area contributed by atoms with E-state index in [-0.39, 0.29) is 19.0 Å². The van der Waals surface area contributed by atoms with Gasteiger partial charge in [-0.3, -0.25) is 4.79 Å². The zero-order valence-corrected chi connectivity index (χ0v) is 11.2. The normalized spacial score (nSPS) is 10.5. The van der Waals surface area contributed by atoms with Crippen LogP contribution >= 0.6 is 0 Å². The van der Waals surface area contributed by atoms with Crippen molar-refractivity contribution < 1.29 is 14.6 Å². The van der Waals surface area contributed by atoms with Crippen LogP contribution < -0.4 is 10.5 Å². The first kappa shape index (κ1) is 14.1. The smallest absolute Gasteiger partial charge is 0.156 e. The van der Waals surface area contributed by atoms with E-state index in [1.807, 2.05) is 31.2 Å². The van der Waals surface area contributed by atoms with Crippen LogP contribution in [0.25, 0.3) is 11.3 Å². The van der Waals surface area contributed by atoms with Crippen LogP contribution in [-0.4, -0.2) is 34.4 Å². The Bertz CT molecular complexity index is 608. The van der Waals surface area contributed by atoms with Gasteiger partial charge < -0.3 is 15.6 Å². The second-order valence-electron chi connectivity index (χ2n) is 4.14. The number of carbonyl (C=O) groups is 1. The molecule has 0 radical (unpaired) electrons. The van der Waals surface area contributed by atoms with E-state index >= 15 is 0 Å². The van der Waals surface area contributed by atoms with Crippen molar-refractivity contribution in [1.29, 1.82) is 0 Å². The average molecular weight is 275 g/mol. The fourth-order valence-corrected chi connectivity index (χ4v) is 2.01. The van der Waals surface area contributed by atoms with E-state index in [9.17, 15) is 4.79 Å². The summed E-state index contributed by atoms with van der Waals surface area (Å²) >= 11 is 0. The van der Waals surface area contributed by atoms with Gasteiger partial charge in [-0.25, -0.2) is 4.68 Å². The number of aldehydes is 1. The standard InChI is InChI=1S/C14H17N3O3/c1-2-20-12-6-4-3-5-10(12)13-11(9-19)14(15)17(16-13)7-8-18/h3-6,9,18H,2,7-8,15H2,1H3. The number of anilines is 1. The fourth-order valence-electron chi connectivity index (χ4n) is 2.01. The number of nitrogens with two attached hydrogens (primary N) is 1. The quantitative estimate of drug-likeness (QED) is 0.776. The first-order valence-corrected chi connectivity index (χ1v) is 6.37. The number of aliphatic hydroxyl groups is 1. The number of aliphatic hydroxyl groups excluding tert-OH is 1. The third kappa shape index (κ3) is 2.50. The SMILES string of the molecule is CCOc1ccccc1-c1nn(CCO)c(N)c1C=O. The van der Waals surface area contributed by atoms with Gasteiger partial charge in [0.1, 0.15) is 17.3 Å². The van der Waals surface area contributed by atoms with Gasteiger partial charge in [-0.2, -0.15) is 5.10 Å². The summed E-state index contributed by atoms with van der Waals surface area (Å²) in [6.07, 6.45) is 0.675. The number of hydrogen-bond acceptors (Lipinski definition) is 5. The molecule has 20 heavy (non-hydrogen) atoms. The zero-order chi connectivity index (χ0) is 14.5. The van der Waals surface area contributed by atoms with Gasteiger partial charge in [0.2, 0.25) is 0 Å². The van der Waals surface area contributed by atoms with Crippen LogP contribution in [0.4, 0.5) is 5.82 Å². The Hall–Kier alpha value is -2.34. The Morgan fingerprint density at radius 3 is 2.85 bits per heavy atom. The monoisotopic (exact) mass is 275 g/mol. The molecule has 0 saturated carbocycles. The third-order valence-electron chi connectivity index (χ3n) is 2.90. The maximum Gasteiger partial charge on any atom is 0.156 e. The molecule has 6 nitrogen and oxygen atoms in total. The van der Waals surface area contributed by atoms with Crippen LogP contribution in [0.15, 0.2) is 24.3 Å². The Balaban J connectivity index is 2.57. The second-order valence-corrected chi connectivity index (χ2v) is 4.14. The number of benzene rings is 1. The molecular formula is C14H17N3O3. The van der Waals surface area contributed by atoms with Crippen molar-refractivity contribution in [2.24, 2.45) is 0 Å². The number of carbonyl (C=O) groups excluding carboxylic acids is 1. The van der Waals surface area contributed by atoms with E-state index in [2.05, 4.69) is 5.10 Å². The predicted molar refractivity (Wildman–Crippen MR) is 75.7 cm³/mol. The van der Waals surface area contributed by atoms with E-state index in [0.717, 1.165) is 0 Å². The van der Waals surface area contributed by atoms with Crippen molar-refractivity contribution in [2.75, 3.05) is 18.9 Å². The highest BCUT2D eigenvalue weighted by molar-refractivity contribution is 5.92. The summed E-state index contributed by atoms with van der Waals surface area (Å²) in [5, 5.41) is 13.3. The minimum absolute atomic E-state index is 0.100. The van der Waals surface area contributed by atoms with Gasteiger partial charge >= 0.3 is 0 Å². The summed E-state index contributed by atoms with van der Waals surface area (Å²) in [7, 11) is 0. The molecule has 0 bridgehead atoms. The van der Waals surface area contributed by atoms with E-state index in [1.165, 1.54) is 4.68 Å². The molecule has 2 aromatic rings. The molecule has 1 heterocycles. The Morgan fingerprint density at radius 1 is 1.45 bits per heavy atom. The van der Waals surface area contributed by atoms with Gasteiger partial charge in [-0.15, -0.1) is 0 Å². The Morgan fingerprint density at radius 2 is 2.20 bits per heavy atom. The van der Waals surface area contributed by atoms with Gasteiger partial charge in [0.25, 0.3) is 0 Å². The number of nitrogens with zero attached hydrogens (tertiary/aromatic N) is 2. The van der Waals surface area contributed by atoms with Crippen molar-refractivity contribution in [3.63, 3.8) is 0 Å². The summed E-state index contributed by atoms with van der Waals surface area (Å²) in [5.41, 5.74) is 7.37. The summed E-state index contributed by atoms with van der Waals surface area (Å²) in [4.78, 5) is 11.3. The van der Waals surface area contributed by atoms with Crippen molar-refractivity contribution in [3.05, 3.63) is 29.8 Å². The van der Waals surface area contributed by atoms with Crippen molar-refractivity contribution >= 4 is 12.1 Å². The molecule has 0 aliphatic carbocycles. The van der Waals surface area contributed by atoms with E-state index in [0.29, 0.717) is 35.5 Å². The van der Waals surface area contributed by atoms with Gasteiger partial charge in [-0.05, 0) is 19.1 Å². The van der Waals surface area contributed by atoms with Gasteiger partial charge in [0, 0.05) is 5.56 Å². The highest BCUT2D eigenvalue weighted by Gasteiger charge is 2.19. The van der Waals surface area contributed by atoms with Gasteiger partial charge in [0.15, 0.2) is 6.29 Å². The highest BCUT2D eigenvalue weighted by Crippen LogP contribution is 2.33. The molecule has 106 valence electrons. The van der Waals surface area contributed by atoms with Crippen molar-refractivity contribution in [1.82, 2.24) is 9.78 Å². The molecule has 0 unspecified atom stereocenters. The van der Waals surface area contributed by atoms with E-state index < -0.39 is 0 Å². The predicted octanol–water partition coefficient (Wildman–Crippen LogP) is 1.34. The highest BCUT2D eigenvalue weighted by atomic mass is 16.5. The molecule has 2 rings (SSSR count). The number of nitrogen functional groups attached to an aromatic ring is 1. The lowest BCUT2D eigenvalue weighted by molar-refractivity contribution is 0.112. The molecule has 0 amide bonds. The van der Waals surface area contributed by atoms with Crippen LogP contribution in [0.5, 0.6) is 5.75 Å². The van der Waals surface area contributed by atoms with Crippen molar-refractivity contribution in [2.45, 2.75) is 13.5 Å². The largest absolute Gasteiger partial charge is 0.493 e. The lowest BCUT2D eigenvalue weighted by Gasteiger charge is -2.08. The lowest BCUT2D eigenvalue weighted by atomic mass is 10.1. The maximum atomic E-state index is 11.3. The zero-order valence-electron chi connectivity index (χ0n) is 11.2. The third-order valence-corrected chi connectivity index (χ3v) is 2.90. The van der Waals surface area contributed by atoms with Crippen LogP contribution in [0.3, 0.4) is 0 Å². The molecule has 1 aromatic carbocycles. The average Bonchev–Trinajstić information content (AvgIpc) is 2.77. The first-order chi connectivity index (χ1) is 9.72. The van der Waals surface area contributed by atoms with Crippen LogP contribution in [0.2, 0.25) is 0 Å². The second kappa shape index (κ2) is 6.21. The first-order valence-electron chi connectivity index (χ1n) is 6.37. The fraction of sp³-hybridized carbons (Fsp3) is 0.286. The lowest BCUT2D eigenvalue weighted by Crippen LogP contribution is -2.08. The van der Waals surface area contributed by atoms with E-state index in [4.69, 9.17) is 15.6 Å². The molecule has 1 aromatic heterocycles. The molecule has 0 fully saturated rings. The molecule has 3 N–H and O–H groups in total. The Kier molecular flexibility index (Phi) is 4.37. The molecule has 0 spiro atoms. The van der Waals surface area contributed by atoms with Gasteiger partial charge in [0.05, 0.1) is 25.3 Å². The molecular weight excluding hydrogens is 258 g/mol. The summed E-state index contributed by atoms with van der Waals surface area (Å²) < 4.78 is 6.96. The van der Waals surface area contributed by atoms with Crippen LogP contribution in [0.1, 0.15) is 17.3 Å². The summed E-state index contributed by atoms with van der Waals surface area (Å²) in [5.74, 6) is 0.891. The van der Waals surface area contributed by atoms with Crippen LogP contribution in [0, 0.1) is 0 Å². The van der Waals surface area contributed by atoms with Crippen LogP contribution in [-0.2, 0) is 6.54 Å². The van der Waals surface area contributed by atoms with Crippen molar-refractivity contribution in [3.8, 4) is 17.0 Å². The minimum atomic E-state index is -0.100. The minimum Gasteiger partial charge on any atom is -0.493 e. The molecule has 0 aliphatic heterocycles. The number of rotatable bonds is 6. The molecule has 0 aliphatic rings. The number of hydrogen-bond donors (Lipinski definition) is 2. The van der Waals surface area contributed by atoms with E-state index in [1.54, 1.807) is 0 Å². The maximum absolute atomic E-state index is 11.3. The number of para-hydroxylation sites is 1. The topological polar surface area (TPSA) is 90.4 Å². The Labute approximate surface area is 116 Å². The summed E-state index contributed by atoms with van der Waals surface area (Å²) in [6.45, 7) is 2.54. The molecule has 0 atom stereocenters. The summed E-state index contributed by atoms with van der Waals surface area (Å²) in [6, 6.07) is 7.33. The number of ether oxygens (including phenoxy) is 1.